The van der Waals surface area contributed by atoms with E-state index in [1.165, 1.54) is 24.5 Å². The summed E-state index contributed by atoms with van der Waals surface area (Å²) in [4.78, 5) is 24.4. The van der Waals surface area contributed by atoms with Gasteiger partial charge >= 0.3 is 0 Å². The lowest BCUT2D eigenvalue weighted by atomic mass is 10.2. The standard InChI is InChI=1S/C17H12ClFN2O3S/c1-9(7-12(22)13-3-2-6-24-13)20-21-17(23)16-15(18)11-5-4-10(19)8-14(11)25-16/h2-6,8H,7H2,1H3,(H,21,23)/b20-9+. The summed E-state index contributed by atoms with van der Waals surface area (Å²) >= 11 is 7.26. The lowest BCUT2D eigenvalue weighted by Crippen LogP contribution is -2.19. The first-order valence-corrected chi connectivity index (χ1v) is 8.43. The zero-order valence-electron chi connectivity index (χ0n) is 13.0. The zero-order valence-corrected chi connectivity index (χ0v) is 14.6. The third-order valence-corrected chi connectivity index (χ3v) is 5.01. The van der Waals surface area contributed by atoms with Crippen molar-refractivity contribution < 1.29 is 18.4 Å². The van der Waals surface area contributed by atoms with Crippen molar-refractivity contribution in [3.05, 3.63) is 58.1 Å². The highest BCUT2D eigenvalue weighted by molar-refractivity contribution is 7.21. The highest BCUT2D eigenvalue weighted by Gasteiger charge is 2.17. The van der Waals surface area contributed by atoms with Crippen molar-refractivity contribution in [1.82, 2.24) is 5.43 Å². The molecule has 0 radical (unpaired) electrons. The number of amides is 1. The molecule has 0 aliphatic carbocycles. The Morgan fingerprint density at radius 2 is 2.16 bits per heavy atom. The van der Waals surface area contributed by atoms with Crippen LogP contribution >= 0.6 is 22.9 Å². The van der Waals surface area contributed by atoms with Gasteiger partial charge in [-0.1, -0.05) is 11.6 Å². The molecular formula is C17H12ClFN2O3S. The van der Waals surface area contributed by atoms with Gasteiger partial charge in [0.05, 0.1) is 17.7 Å². The van der Waals surface area contributed by atoms with Gasteiger partial charge in [0.15, 0.2) is 5.76 Å². The fourth-order valence-corrected chi connectivity index (χ4v) is 3.61. The summed E-state index contributed by atoms with van der Waals surface area (Å²) in [6.45, 7) is 1.61. The van der Waals surface area contributed by atoms with E-state index in [1.807, 2.05) is 0 Å². The molecule has 8 heteroatoms. The Balaban J connectivity index is 1.71. The molecule has 0 atom stereocenters. The monoisotopic (exact) mass is 378 g/mol. The van der Waals surface area contributed by atoms with Crippen LogP contribution in [-0.4, -0.2) is 17.4 Å². The van der Waals surface area contributed by atoms with Crippen LogP contribution in [0.4, 0.5) is 4.39 Å². The number of furan rings is 1. The number of Topliss-reactive ketones (excluding diaryl/α,β-unsaturated/α-hetero) is 1. The predicted molar refractivity (Wildman–Crippen MR) is 95.0 cm³/mol. The molecule has 2 aromatic heterocycles. The van der Waals surface area contributed by atoms with E-state index in [4.69, 9.17) is 16.0 Å². The molecule has 3 aromatic rings. The number of halogens is 2. The Labute approximate surface area is 151 Å². The Hall–Kier alpha value is -2.51. The fraction of sp³-hybridized carbons (Fsp3) is 0.118. The third-order valence-electron chi connectivity index (χ3n) is 3.36. The van der Waals surface area contributed by atoms with Crippen molar-refractivity contribution in [2.45, 2.75) is 13.3 Å². The largest absolute Gasteiger partial charge is 0.461 e. The number of hydrogen-bond donors (Lipinski definition) is 1. The maximum Gasteiger partial charge on any atom is 0.283 e. The summed E-state index contributed by atoms with van der Waals surface area (Å²) < 4.78 is 18.9. The van der Waals surface area contributed by atoms with Crippen molar-refractivity contribution in [1.29, 1.82) is 0 Å². The number of thiophene rings is 1. The van der Waals surface area contributed by atoms with Crippen LogP contribution in [0.3, 0.4) is 0 Å². The fourth-order valence-electron chi connectivity index (χ4n) is 2.18. The molecule has 1 N–H and O–H groups in total. The number of nitrogens with one attached hydrogen (secondary N) is 1. The number of benzene rings is 1. The minimum Gasteiger partial charge on any atom is -0.461 e. The van der Waals surface area contributed by atoms with E-state index in [1.54, 1.807) is 19.1 Å². The number of carbonyl (C=O) groups excluding carboxylic acids is 2. The van der Waals surface area contributed by atoms with Crippen LogP contribution in [-0.2, 0) is 0 Å². The van der Waals surface area contributed by atoms with Crippen LogP contribution in [0.1, 0.15) is 33.6 Å². The minimum absolute atomic E-state index is 0.0130. The van der Waals surface area contributed by atoms with E-state index < -0.39 is 11.7 Å². The molecule has 0 bridgehead atoms. The average molecular weight is 379 g/mol. The van der Waals surface area contributed by atoms with E-state index in [0.717, 1.165) is 11.3 Å². The van der Waals surface area contributed by atoms with E-state index in [2.05, 4.69) is 10.5 Å². The number of hydrogen-bond acceptors (Lipinski definition) is 5. The van der Waals surface area contributed by atoms with Gasteiger partial charge in [-0.3, -0.25) is 9.59 Å². The summed E-state index contributed by atoms with van der Waals surface area (Å²) in [6, 6.07) is 7.30. The summed E-state index contributed by atoms with van der Waals surface area (Å²) in [5, 5.41) is 4.76. The Bertz CT molecular complexity index is 979. The molecular weight excluding hydrogens is 367 g/mol. The van der Waals surface area contributed by atoms with Crippen LogP contribution in [0.25, 0.3) is 10.1 Å². The highest BCUT2D eigenvalue weighted by atomic mass is 35.5. The molecule has 0 unspecified atom stereocenters. The maximum atomic E-state index is 13.3. The first kappa shape index (κ1) is 17.3. The van der Waals surface area contributed by atoms with Crippen LogP contribution < -0.4 is 5.43 Å². The molecule has 0 aliphatic heterocycles. The van der Waals surface area contributed by atoms with Gasteiger partial charge in [0, 0.05) is 15.8 Å². The first-order chi connectivity index (χ1) is 12.0. The van der Waals surface area contributed by atoms with Crippen molar-refractivity contribution in [3.63, 3.8) is 0 Å². The molecule has 0 saturated heterocycles. The van der Waals surface area contributed by atoms with Crippen molar-refractivity contribution in [2.24, 2.45) is 5.10 Å². The van der Waals surface area contributed by atoms with Gasteiger partial charge in [-0.2, -0.15) is 5.10 Å². The lowest BCUT2D eigenvalue weighted by Gasteiger charge is -2.01. The molecule has 0 spiro atoms. The minimum atomic E-state index is -0.517. The number of rotatable bonds is 5. The van der Waals surface area contributed by atoms with Crippen LogP contribution in [0.2, 0.25) is 5.02 Å². The van der Waals surface area contributed by atoms with Gasteiger partial charge in [-0.25, -0.2) is 9.82 Å². The number of nitrogens with zero attached hydrogens (tertiary/aromatic N) is 1. The Kier molecular flexibility index (Phi) is 4.96. The average Bonchev–Trinajstić information content (AvgIpc) is 3.21. The highest BCUT2D eigenvalue weighted by Crippen LogP contribution is 2.35. The zero-order chi connectivity index (χ0) is 18.0. The summed E-state index contributed by atoms with van der Waals surface area (Å²) in [6.07, 6.45) is 1.42. The summed E-state index contributed by atoms with van der Waals surface area (Å²) in [5.74, 6) is -0.926. The van der Waals surface area contributed by atoms with Gasteiger partial charge in [-0.15, -0.1) is 11.3 Å². The maximum absolute atomic E-state index is 13.3. The predicted octanol–water partition coefficient (Wildman–Crippen LogP) is 4.67. The van der Waals surface area contributed by atoms with Crippen molar-refractivity contribution in [3.8, 4) is 0 Å². The van der Waals surface area contributed by atoms with Gasteiger partial charge in [0.1, 0.15) is 10.7 Å². The van der Waals surface area contributed by atoms with Crippen LogP contribution in [0.5, 0.6) is 0 Å². The van der Waals surface area contributed by atoms with Gasteiger partial charge in [-0.05, 0) is 37.3 Å². The molecule has 0 saturated carbocycles. The number of carbonyl (C=O) groups is 2. The first-order valence-electron chi connectivity index (χ1n) is 7.23. The van der Waals surface area contributed by atoms with Gasteiger partial charge in [0.25, 0.3) is 5.91 Å². The van der Waals surface area contributed by atoms with Crippen molar-refractivity contribution >= 4 is 50.4 Å². The molecule has 128 valence electrons. The Morgan fingerprint density at radius 3 is 2.88 bits per heavy atom. The van der Waals surface area contributed by atoms with Gasteiger partial charge in [0.2, 0.25) is 5.78 Å². The van der Waals surface area contributed by atoms with E-state index in [-0.39, 0.29) is 27.9 Å². The van der Waals surface area contributed by atoms with E-state index in [0.29, 0.717) is 15.8 Å². The molecule has 0 aliphatic rings. The molecule has 2 heterocycles. The lowest BCUT2D eigenvalue weighted by molar-refractivity contribution is 0.0951. The van der Waals surface area contributed by atoms with Crippen molar-refractivity contribution in [2.75, 3.05) is 0 Å². The third kappa shape index (κ3) is 3.78. The summed E-state index contributed by atoms with van der Waals surface area (Å²) in [5.41, 5.74) is 2.78. The number of hydrazone groups is 1. The molecule has 1 aromatic carbocycles. The van der Waals surface area contributed by atoms with E-state index in [9.17, 15) is 14.0 Å². The topological polar surface area (TPSA) is 71.7 Å². The van der Waals surface area contributed by atoms with Gasteiger partial charge < -0.3 is 4.42 Å². The second-order valence-electron chi connectivity index (χ2n) is 5.25. The number of ketones is 1. The number of fused-ring (bicyclic) bond motifs is 1. The quantitative estimate of drug-likeness (QED) is 0.398. The molecule has 0 fully saturated rings. The normalized spacial score (nSPS) is 11.7. The molecule has 3 rings (SSSR count). The molecule has 25 heavy (non-hydrogen) atoms. The SMILES string of the molecule is C/C(CC(=O)c1ccco1)=N\NC(=O)c1sc2cc(F)ccc2c1Cl. The Morgan fingerprint density at radius 1 is 1.36 bits per heavy atom. The molecule has 5 nitrogen and oxygen atoms in total. The van der Waals surface area contributed by atoms with Crippen LogP contribution in [0.15, 0.2) is 46.1 Å². The summed E-state index contributed by atoms with van der Waals surface area (Å²) in [7, 11) is 0. The van der Waals surface area contributed by atoms with Crippen LogP contribution in [0, 0.1) is 5.82 Å². The molecule has 1 amide bonds. The second kappa shape index (κ2) is 7.16. The smallest absolute Gasteiger partial charge is 0.283 e. The second-order valence-corrected chi connectivity index (χ2v) is 6.68. The van der Waals surface area contributed by atoms with E-state index >= 15 is 0 Å².